The smallest absolute Gasteiger partial charge is 0.320 e. The van der Waals surface area contributed by atoms with Gasteiger partial charge in [0.15, 0.2) is 0 Å². The Kier molecular flexibility index (Phi) is 3.83. The van der Waals surface area contributed by atoms with Crippen LogP contribution in [0.25, 0.3) is 0 Å². The molecule has 0 heterocycles. The molecule has 0 aliphatic heterocycles. The maximum Gasteiger partial charge on any atom is 0.320 e. The molecule has 1 aromatic rings. The first-order valence-electron chi connectivity index (χ1n) is 4.11. The number of carbonyl (C=O) groups is 1. The van der Waals surface area contributed by atoms with Crippen LogP contribution in [-0.2, 0) is 4.79 Å². The van der Waals surface area contributed by atoms with Crippen LogP contribution in [0.1, 0.15) is 17.2 Å². The fourth-order valence-corrected chi connectivity index (χ4v) is 1.36. The zero-order chi connectivity index (χ0) is 11.4. The third kappa shape index (κ3) is 2.78. The van der Waals surface area contributed by atoms with Crippen LogP contribution in [0.5, 0.6) is 0 Å². The maximum absolute atomic E-state index is 10.6. The lowest BCUT2D eigenvalue weighted by molar-refractivity contribution is -0.138. The van der Waals surface area contributed by atoms with Gasteiger partial charge in [0.1, 0.15) is 10.9 Å². The van der Waals surface area contributed by atoms with Gasteiger partial charge in [0.05, 0.1) is 11.6 Å². The summed E-state index contributed by atoms with van der Waals surface area (Å²) in [7, 11) is 0. The Morgan fingerprint density at radius 1 is 1.40 bits per heavy atom. The van der Waals surface area contributed by atoms with E-state index >= 15 is 0 Å². The second kappa shape index (κ2) is 4.91. The van der Waals surface area contributed by atoms with Crippen LogP contribution in [0.3, 0.4) is 0 Å². The molecule has 0 saturated carbocycles. The minimum absolute atomic E-state index is 0.457. The van der Waals surface area contributed by atoms with Crippen molar-refractivity contribution < 1.29 is 15.0 Å². The van der Waals surface area contributed by atoms with Crippen molar-refractivity contribution in [3.63, 3.8) is 0 Å². The van der Waals surface area contributed by atoms with E-state index in [1.54, 1.807) is 0 Å². The van der Waals surface area contributed by atoms with E-state index in [0.717, 1.165) is 0 Å². The van der Waals surface area contributed by atoms with E-state index in [1.807, 2.05) is 6.07 Å². The number of aliphatic hydroxyl groups is 1. The molecular formula is C10H8BrNO3. The topological polar surface area (TPSA) is 81.3 Å². The van der Waals surface area contributed by atoms with Crippen molar-refractivity contribution in [2.45, 2.75) is 10.9 Å². The molecule has 0 aliphatic rings. The zero-order valence-electron chi connectivity index (χ0n) is 7.59. The molecule has 15 heavy (non-hydrogen) atoms. The number of nitriles is 1. The highest BCUT2D eigenvalue weighted by Crippen LogP contribution is 2.22. The zero-order valence-corrected chi connectivity index (χ0v) is 9.18. The quantitative estimate of drug-likeness (QED) is 0.814. The fraction of sp³-hybridized carbons (Fsp3) is 0.200. The van der Waals surface area contributed by atoms with Gasteiger partial charge in [0.25, 0.3) is 0 Å². The van der Waals surface area contributed by atoms with Crippen molar-refractivity contribution in [3.05, 3.63) is 35.4 Å². The van der Waals surface area contributed by atoms with Gasteiger partial charge in [-0.15, -0.1) is 0 Å². The summed E-state index contributed by atoms with van der Waals surface area (Å²) in [6.45, 7) is 0. The summed E-state index contributed by atoms with van der Waals surface area (Å²) in [6.07, 6.45) is -1.13. The summed E-state index contributed by atoms with van der Waals surface area (Å²) in [5.41, 5.74) is 0.922. The average Bonchev–Trinajstić information content (AvgIpc) is 2.27. The maximum atomic E-state index is 10.6. The van der Waals surface area contributed by atoms with Crippen molar-refractivity contribution in [2.75, 3.05) is 0 Å². The Morgan fingerprint density at radius 3 is 2.33 bits per heavy atom. The number of carboxylic acids is 1. The number of nitrogens with zero attached hydrogens (tertiary/aromatic N) is 1. The highest BCUT2D eigenvalue weighted by atomic mass is 79.9. The molecule has 78 valence electrons. The molecule has 0 amide bonds. The Morgan fingerprint density at radius 2 is 1.93 bits per heavy atom. The Hall–Kier alpha value is -1.38. The van der Waals surface area contributed by atoms with Crippen LogP contribution in [0.15, 0.2) is 24.3 Å². The van der Waals surface area contributed by atoms with Crippen molar-refractivity contribution in [1.82, 2.24) is 0 Å². The molecule has 4 nitrogen and oxygen atoms in total. The van der Waals surface area contributed by atoms with Gasteiger partial charge in [0, 0.05) is 0 Å². The van der Waals surface area contributed by atoms with E-state index in [9.17, 15) is 9.90 Å². The number of hydrogen-bond acceptors (Lipinski definition) is 3. The average molecular weight is 270 g/mol. The van der Waals surface area contributed by atoms with E-state index in [0.29, 0.717) is 11.1 Å². The van der Waals surface area contributed by atoms with Gasteiger partial charge < -0.3 is 10.2 Å². The molecule has 0 aromatic heterocycles. The summed E-state index contributed by atoms with van der Waals surface area (Å²) in [4.78, 5) is 9.53. The summed E-state index contributed by atoms with van der Waals surface area (Å²) < 4.78 is 0. The highest BCUT2D eigenvalue weighted by Gasteiger charge is 2.24. The van der Waals surface area contributed by atoms with Crippen LogP contribution in [-0.4, -0.2) is 21.0 Å². The summed E-state index contributed by atoms with van der Waals surface area (Å²) in [6, 6.07) is 8.05. The molecule has 0 fully saturated rings. The predicted molar refractivity (Wildman–Crippen MR) is 56.5 cm³/mol. The van der Waals surface area contributed by atoms with Crippen molar-refractivity contribution in [2.24, 2.45) is 0 Å². The van der Waals surface area contributed by atoms with Gasteiger partial charge in [-0.3, -0.25) is 4.79 Å². The predicted octanol–water partition coefficient (Wildman–Crippen LogP) is 1.44. The molecule has 0 radical (unpaired) electrons. The summed E-state index contributed by atoms with van der Waals surface area (Å²) in [5, 5.41) is 26.8. The van der Waals surface area contributed by atoms with Gasteiger partial charge in [-0.25, -0.2) is 0 Å². The van der Waals surface area contributed by atoms with Crippen LogP contribution in [0.4, 0.5) is 0 Å². The molecule has 1 rings (SSSR count). The first kappa shape index (κ1) is 11.7. The molecule has 0 bridgehead atoms. The first-order chi connectivity index (χ1) is 7.06. The van der Waals surface area contributed by atoms with Gasteiger partial charge in [-0.05, 0) is 17.7 Å². The second-order valence-electron chi connectivity index (χ2n) is 2.92. The van der Waals surface area contributed by atoms with Crippen molar-refractivity contribution in [1.29, 1.82) is 5.26 Å². The molecule has 1 aromatic carbocycles. The summed E-state index contributed by atoms with van der Waals surface area (Å²) in [5.74, 6) is -1.13. The van der Waals surface area contributed by atoms with E-state index in [1.165, 1.54) is 24.3 Å². The van der Waals surface area contributed by atoms with E-state index in [-0.39, 0.29) is 0 Å². The standard InChI is InChI=1S/C10H8BrNO3/c11-8(10(14)15)9(13)7-3-1-6(5-12)2-4-7/h1-4,8-9,13H,(H,14,15). The minimum Gasteiger partial charge on any atom is -0.480 e. The van der Waals surface area contributed by atoms with Crippen molar-refractivity contribution in [3.8, 4) is 6.07 Å². The number of halogens is 1. The Labute approximate surface area is 94.9 Å². The number of carboxylic acid groups (broad SMARTS) is 1. The Balaban J connectivity index is 2.88. The number of aliphatic carboxylic acids is 1. The SMILES string of the molecule is N#Cc1ccc(C(O)C(Br)C(=O)O)cc1. The highest BCUT2D eigenvalue weighted by molar-refractivity contribution is 9.10. The molecule has 2 unspecified atom stereocenters. The van der Waals surface area contributed by atoms with Crippen LogP contribution >= 0.6 is 15.9 Å². The molecule has 0 spiro atoms. The third-order valence-electron chi connectivity index (χ3n) is 1.89. The van der Waals surface area contributed by atoms with Crippen LogP contribution in [0.2, 0.25) is 0 Å². The normalized spacial score (nSPS) is 13.9. The van der Waals surface area contributed by atoms with Gasteiger partial charge >= 0.3 is 5.97 Å². The molecular weight excluding hydrogens is 262 g/mol. The number of hydrogen-bond donors (Lipinski definition) is 2. The molecule has 2 N–H and O–H groups in total. The van der Waals surface area contributed by atoms with Crippen LogP contribution in [0, 0.1) is 11.3 Å². The lowest BCUT2D eigenvalue weighted by Crippen LogP contribution is -2.21. The molecule has 0 aliphatic carbocycles. The third-order valence-corrected chi connectivity index (χ3v) is 2.79. The monoisotopic (exact) mass is 269 g/mol. The minimum atomic E-state index is -1.13. The van der Waals surface area contributed by atoms with Gasteiger partial charge in [-0.2, -0.15) is 5.26 Å². The second-order valence-corrected chi connectivity index (χ2v) is 3.91. The number of aliphatic hydroxyl groups excluding tert-OH is 1. The first-order valence-corrected chi connectivity index (χ1v) is 5.03. The molecule has 5 heteroatoms. The van der Waals surface area contributed by atoms with Crippen LogP contribution < -0.4 is 0 Å². The summed E-state index contributed by atoms with van der Waals surface area (Å²) >= 11 is 2.87. The largest absolute Gasteiger partial charge is 0.480 e. The van der Waals surface area contributed by atoms with Gasteiger partial charge in [0.2, 0.25) is 0 Å². The Bertz CT molecular complexity index is 396. The number of rotatable bonds is 3. The number of alkyl halides is 1. The van der Waals surface area contributed by atoms with E-state index in [4.69, 9.17) is 10.4 Å². The van der Waals surface area contributed by atoms with E-state index < -0.39 is 16.9 Å². The van der Waals surface area contributed by atoms with Gasteiger partial charge in [-0.1, -0.05) is 28.1 Å². The molecule has 2 atom stereocenters. The fourth-order valence-electron chi connectivity index (χ4n) is 1.06. The lowest BCUT2D eigenvalue weighted by atomic mass is 10.1. The lowest BCUT2D eigenvalue weighted by Gasteiger charge is -2.13. The van der Waals surface area contributed by atoms with E-state index in [2.05, 4.69) is 15.9 Å². The van der Waals surface area contributed by atoms with Crippen molar-refractivity contribution >= 4 is 21.9 Å². The number of benzene rings is 1. The molecule has 0 saturated heterocycles.